The largest absolute Gasteiger partial charge is 0.496 e. The first-order valence-electron chi connectivity index (χ1n) is 11.6. The Kier molecular flexibility index (Phi) is 10.1. The highest BCUT2D eigenvalue weighted by atomic mass is 16.6. The molecule has 0 aliphatic rings. The predicted molar refractivity (Wildman–Crippen MR) is 139 cm³/mol. The van der Waals surface area contributed by atoms with Crippen LogP contribution >= 0.6 is 0 Å². The predicted octanol–water partition coefficient (Wildman–Crippen LogP) is 7.04. The first-order valence-corrected chi connectivity index (χ1v) is 11.6. The number of hydrogen-bond acceptors (Lipinski definition) is 5. The van der Waals surface area contributed by atoms with E-state index in [-0.39, 0.29) is 5.78 Å². The second-order valence-electron chi connectivity index (χ2n) is 9.48. The monoisotopic (exact) mass is 468 g/mol. The SMILES string of the molecule is CC.COc1ccc(C(=O)/C=C/c2cc(C)c(OC(C)(C)C(=O)OC(C)(C)C)c(C)c2)cc1C. The fraction of sp³-hybridized carbons (Fsp3) is 0.448. The van der Waals surface area contributed by atoms with Crippen LogP contribution in [0.2, 0.25) is 0 Å². The van der Waals surface area contributed by atoms with Crippen LogP contribution in [-0.2, 0) is 9.53 Å². The topological polar surface area (TPSA) is 61.8 Å². The van der Waals surface area contributed by atoms with Crippen molar-refractivity contribution < 1.29 is 23.8 Å². The van der Waals surface area contributed by atoms with Crippen LogP contribution in [0, 0.1) is 20.8 Å². The van der Waals surface area contributed by atoms with Gasteiger partial charge >= 0.3 is 5.97 Å². The Balaban J connectivity index is 0.00000281. The molecule has 0 unspecified atom stereocenters. The van der Waals surface area contributed by atoms with E-state index >= 15 is 0 Å². The van der Waals surface area contributed by atoms with Gasteiger partial charge in [0.05, 0.1) is 7.11 Å². The minimum atomic E-state index is -1.14. The Morgan fingerprint density at radius 1 is 0.853 bits per heavy atom. The molecule has 0 saturated heterocycles. The standard InChI is InChI=1S/C27H34O5.C2H6/c1-17-16-21(11-13-23(17)30-9)22(28)12-10-20-14-18(2)24(19(3)15-20)31-27(7,8)25(29)32-26(4,5)6;1-2/h10-16H,1-9H3;1-2H3/b12-10+;. The number of benzene rings is 2. The Hall–Kier alpha value is -3.08. The molecule has 0 saturated carbocycles. The summed E-state index contributed by atoms with van der Waals surface area (Å²) >= 11 is 0. The molecule has 0 fully saturated rings. The lowest BCUT2D eigenvalue weighted by Crippen LogP contribution is -2.43. The van der Waals surface area contributed by atoms with E-state index in [1.807, 2.05) is 73.6 Å². The molecule has 5 nitrogen and oxygen atoms in total. The molecule has 2 aromatic rings. The Morgan fingerprint density at radius 3 is 1.88 bits per heavy atom. The van der Waals surface area contributed by atoms with Gasteiger partial charge in [0.25, 0.3) is 0 Å². The fourth-order valence-electron chi connectivity index (χ4n) is 3.24. The van der Waals surface area contributed by atoms with Gasteiger partial charge in [0.1, 0.15) is 17.1 Å². The number of esters is 1. The second kappa shape index (κ2) is 11.9. The first-order chi connectivity index (χ1) is 15.7. The van der Waals surface area contributed by atoms with E-state index in [0.717, 1.165) is 28.0 Å². The molecule has 0 amide bonds. The molecule has 0 aromatic heterocycles. The van der Waals surface area contributed by atoms with Crippen LogP contribution in [0.1, 0.15) is 81.1 Å². The van der Waals surface area contributed by atoms with Crippen LogP contribution in [0.5, 0.6) is 11.5 Å². The summed E-state index contributed by atoms with van der Waals surface area (Å²) in [5, 5.41) is 0. The normalized spacial score (nSPS) is 11.5. The number of rotatable bonds is 7. The molecule has 0 aliphatic carbocycles. The van der Waals surface area contributed by atoms with Crippen LogP contribution in [0.4, 0.5) is 0 Å². The van der Waals surface area contributed by atoms with E-state index in [9.17, 15) is 9.59 Å². The summed E-state index contributed by atoms with van der Waals surface area (Å²) in [6.07, 6.45) is 3.34. The van der Waals surface area contributed by atoms with Gasteiger partial charge in [0.2, 0.25) is 0 Å². The van der Waals surface area contributed by atoms with Gasteiger partial charge in [-0.15, -0.1) is 0 Å². The molecule has 0 heterocycles. The van der Waals surface area contributed by atoms with Crippen molar-refractivity contribution in [2.24, 2.45) is 0 Å². The van der Waals surface area contributed by atoms with Gasteiger partial charge in [-0.1, -0.05) is 19.9 Å². The number of carbonyl (C=O) groups is 2. The number of allylic oxidation sites excluding steroid dienone is 1. The van der Waals surface area contributed by atoms with Crippen LogP contribution in [-0.4, -0.2) is 30.1 Å². The van der Waals surface area contributed by atoms with Crippen LogP contribution in [0.3, 0.4) is 0 Å². The van der Waals surface area contributed by atoms with Gasteiger partial charge in [-0.3, -0.25) is 4.79 Å². The van der Waals surface area contributed by atoms with Gasteiger partial charge in [-0.05, 0) is 114 Å². The molecule has 0 aliphatic heterocycles. The molecule has 0 spiro atoms. The van der Waals surface area contributed by atoms with Crippen molar-refractivity contribution in [3.63, 3.8) is 0 Å². The fourth-order valence-corrected chi connectivity index (χ4v) is 3.24. The van der Waals surface area contributed by atoms with Crippen molar-refractivity contribution in [3.8, 4) is 11.5 Å². The van der Waals surface area contributed by atoms with E-state index in [1.165, 1.54) is 0 Å². The molecule has 2 rings (SSSR count). The molecule has 186 valence electrons. The lowest BCUT2D eigenvalue weighted by Gasteiger charge is -2.30. The lowest BCUT2D eigenvalue weighted by atomic mass is 10.0. The van der Waals surface area contributed by atoms with E-state index in [0.29, 0.717) is 11.3 Å². The maximum absolute atomic E-state index is 12.6. The maximum atomic E-state index is 12.6. The zero-order valence-electron chi connectivity index (χ0n) is 22.6. The molecular weight excluding hydrogens is 428 g/mol. The highest BCUT2D eigenvalue weighted by Gasteiger charge is 2.35. The van der Waals surface area contributed by atoms with Gasteiger partial charge in [0, 0.05) is 5.56 Å². The van der Waals surface area contributed by atoms with Crippen molar-refractivity contribution in [1.82, 2.24) is 0 Å². The minimum absolute atomic E-state index is 0.0857. The van der Waals surface area contributed by atoms with Crippen molar-refractivity contribution in [2.45, 2.75) is 80.4 Å². The molecule has 0 radical (unpaired) electrons. The summed E-state index contributed by atoms with van der Waals surface area (Å²) < 4.78 is 16.8. The molecule has 5 heteroatoms. The van der Waals surface area contributed by atoms with Gasteiger partial charge in [-0.2, -0.15) is 0 Å². The molecular formula is C29H40O5. The Labute approximate surface area is 205 Å². The molecule has 0 bridgehead atoms. The van der Waals surface area contributed by atoms with E-state index in [1.54, 1.807) is 45.2 Å². The van der Waals surface area contributed by atoms with Crippen LogP contribution in [0.15, 0.2) is 36.4 Å². The van der Waals surface area contributed by atoms with Crippen molar-refractivity contribution in [2.75, 3.05) is 7.11 Å². The summed E-state index contributed by atoms with van der Waals surface area (Å²) in [7, 11) is 1.61. The number of ketones is 1. The molecule has 2 aromatic carbocycles. The van der Waals surface area contributed by atoms with E-state index in [4.69, 9.17) is 14.2 Å². The molecule has 34 heavy (non-hydrogen) atoms. The van der Waals surface area contributed by atoms with Crippen LogP contribution in [0.25, 0.3) is 6.08 Å². The highest BCUT2D eigenvalue weighted by Crippen LogP contribution is 2.30. The zero-order valence-corrected chi connectivity index (χ0v) is 22.6. The summed E-state index contributed by atoms with van der Waals surface area (Å²) in [5.41, 5.74) is 2.40. The quantitative estimate of drug-likeness (QED) is 0.248. The second-order valence-corrected chi connectivity index (χ2v) is 9.48. The number of methoxy groups -OCH3 is 1. The summed E-state index contributed by atoms with van der Waals surface area (Å²) in [5.74, 6) is 0.877. The Bertz CT molecular complexity index is 1020. The lowest BCUT2D eigenvalue weighted by molar-refractivity contribution is -0.171. The molecule has 0 atom stereocenters. The van der Waals surface area contributed by atoms with E-state index in [2.05, 4.69) is 0 Å². The maximum Gasteiger partial charge on any atom is 0.350 e. The van der Waals surface area contributed by atoms with Crippen molar-refractivity contribution in [3.05, 3.63) is 64.2 Å². The third-order valence-electron chi connectivity index (χ3n) is 4.84. The summed E-state index contributed by atoms with van der Waals surface area (Å²) in [6, 6.07) is 9.22. The number of aryl methyl sites for hydroxylation is 3. The zero-order chi connectivity index (χ0) is 26.3. The van der Waals surface area contributed by atoms with Crippen molar-refractivity contribution in [1.29, 1.82) is 0 Å². The number of hydrogen-bond donors (Lipinski definition) is 0. The first kappa shape index (κ1) is 29.0. The van der Waals surface area contributed by atoms with Crippen LogP contribution < -0.4 is 9.47 Å². The van der Waals surface area contributed by atoms with Gasteiger partial charge in [0.15, 0.2) is 11.4 Å². The summed E-state index contributed by atoms with van der Waals surface area (Å²) in [4.78, 5) is 25.1. The average Bonchev–Trinajstić information content (AvgIpc) is 2.74. The smallest absolute Gasteiger partial charge is 0.350 e. The average molecular weight is 469 g/mol. The Morgan fingerprint density at radius 2 is 1.41 bits per heavy atom. The minimum Gasteiger partial charge on any atom is -0.496 e. The number of carbonyl (C=O) groups excluding carboxylic acids is 2. The molecule has 0 N–H and O–H groups in total. The third kappa shape index (κ3) is 8.05. The van der Waals surface area contributed by atoms with Gasteiger partial charge < -0.3 is 14.2 Å². The number of ether oxygens (including phenoxy) is 3. The summed E-state index contributed by atoms with van der Waals surface area (Å²) in [6.45, 7) is 18.6. The van der Waals surface area contributed by atoms with E-state index < -0.39 is 17.2 Å². The highest BCUT2D eigenvalue weighted by molar-refractivity contribution is 6.07. The van der Waals surface area contributed by atoms with Gasteiger partial charge in [-0.25, -0.2) is 4.79 Å². The third-order valence-corrected chi connectivity index (χ3v) is 4.84. The van der Waals surface area contributed by atoms with Crippen molar-refractivity contribution >= 4 is 17.8 Å².